The van der Waals surface area contributed by atoms with E-state index in [-0.39, 0.29) is 15.6 Å². The van der Waals surface area contributed by atoms with Gasteiger partial charge in [-0.1, -0.05) is 23.2 Å². The molecule has 1 amide bonds. The fraction of sp³-hybridized carbons (Fsp3) is 0.200. The molecule has 1 rings (SSSR count). The van der Waals surface area contributed by atoms with Gasteiger partial charge in [-0.3, -0.25) is 9.59 Å². The van der Waals surface area contributed by atoms with Crippen molar-refractivity contribution in [3.05, 3.63) is 33.8 Å². The Morgan fingerprint density at radius 3 is 2.33 bits per heavy atom. The summed E-state index contributed by atoms with van der Waals surface area (Å²) in [6, 6.07) is 4.13. The first-order chi connectivity index (χ1) is 8.21. The summed E-state index contributed by atoms with van der Waals surface area (Å²) in [5.41, 5.74) is 4.77. The zero-order valence-electron chi connectivity index (χ0n) is 9.02. The van der Waals surface area contributed by atoms with Crippen LogP contribution in [0.25, 0.3) is 0 Å². The summed E-state index contributed by atoms with van der Waals surface area (Å²) < 4.78 is 22.8. The molecule has 0 aromatic heterocycles. The van der Waals surface area contributed by atoms with E-state index < -0.39 is 33.0 Å². The molecule has 0 bridgehead atoms. The number of ketones is 1. The molecule has 0 aliphatic carbocycles. The Bertz CT molecular complexity index is 598. The molecule has 5 nitrogen and oxygen atoms in total. The lowest BCUT2D eigenvalue weighted by molar-refractivity contribution is -0.115. The van der Waals surface area contributed by atoms with Crippen molar-refractivity contribution in [2.75, 3.05) is 11.5 Å². The van der Waals surface area contributed by atoms with Crippen molar-refractivity contribution in [3.8, 4) is 0 Å². The normalized spacial score (nSPS) is 11.2. The summed E-state index contributed by atoms with van der Waals surface area (Å²) in [5.74, 6) is -3.46. The minimum Gasteiger partial charge on any atom is -0.369 e. The maximum absolute atomic E-state index is 11.7. The monoisotopic (exact) mass is 309 g/mol. The third-order valence-electron chi connectivity index (χ3n) is 1.94. The van der Waals surface area contributed by atoms with Gasteiger partial charge in [0, 0.05) is 10.6 Å². The number of carbonyl (C=O) groups is 2. The SMILES string of the molecule is NC(=O)CS(=O)(=O)CC(=O)c1cc(Cl)ccc1Cl. The number of halogens is 2. The number of hydrogen-bond donors (Lipinski definition) is 1. The summed E-state index contributed by atoms with van der Waals surface area (Å²) in [4.78, 5) is 22.3. The average Bonchev–Trinajstić information content (AvgIpc) is 2.18. The molecule has 0 fully saturated rings. The molecule has 0 aliphatic heterocycles. The van der Waals surface area contributed by atoms with Crippen LogP contribution in [-0.2, 0) is 14.6 Å². The van der Waals surface area contributed by atoms with Crippen LogP contribution in [0, 0.1) is 0 Å². The zero-order valence-corrected chi connectivity index (χ0v) is 11.3. The molecule has 0 spiro atoms. The van der Waals surface area contributed by atoms with Crippen LogP contribution in [0.4, 0.5) is 0 Å². The second-order valence-corrected chi connectivity index (χ2v) is 6.45. The van der Waals surface area contributed by atoms with Crippen LogP contribution in [0.1, 0.15) is 10.4 Å². The molecule has 98 valence electrons. The second-order valence-electron chi connectivity index (χ2n) is 3.55. The summed E-state index contributed by atoms with van der Waals surface area (Å²) in [7, 11) is -3.88. The van der Waals surface area contributed by atoms with E-state index in [1.165, 1.54) is 18.2 Å². The van der Waals surface area contributed by atoms with E-state index in [9.17, 15) is 18.0 Å². The summed E-state index contributed by atoms with van der Waals surface area (Å²) >= 11 is 11.4. The van der Waals surface area contributed by atoms with Crippen molar-refractivity contribution in [1.29, 1.82) is 0 Å². The largest absolute Gasteiger partial charge is 0.369 e. The van der Waals surface area contributed by atoms with E-state index in [1.54, 1.807) is 0 Å². The Morgan fingerprint density at radius 1 is 1.17 bits per heavy atom. The number of amides is 1. The second kappa shape index (κ2) is 5.69. The molecule has 0 saturated carbocycles. The van der Waals surface area contributed by atoms with Crippen LogP contribution >= 0.6 is 23.2 Å². The predicted octanol–water partition coefficient (Wildman–Crippen LogP) is 1.08. The average molecular weight is 310 g/mol. The van der Waals surface area contributed by atoms with Gasteiger partial charge < -0.3 is 5.73 Å². The number of primary amides is 1. The van der Waals surface area contributed by atoms with E-state index in [0.29, 0.717) is 0 Å². The molecular weight excluding hydrogens is 301 g/mol. The van der Waals surface area contributed by atoms with Gasteiger partial charge in [-0.2, -0.15) is 0 Å². The van der Waals surface area contributed by atoms with Gasteiger partial charge in [-0.15, -0.1) is 0 Å². The number of Topliss-reactive ketones (excluding diaryl/α,β-unsaturated/α-hetero) is 1. The first kappa shape index (κ1) is 14.9. The van der Waals surface area contributed by atoms with Gasteiger partial charge in [0.25, 0.3) is 0 Å². The van der Waals surface area contributed by atoms with Crippen LogP contribution in [-0.4, -0.2) is 31.6 Å². The molecule has 1 aromatic carbocycles. The smallest absolute Gasteiger partial charge is 0.232 e. The van der Waals surface area contributed by atoms with Crippen LogP contribution in [0.2, 0.25) is 10.0 Å². The van der Waals surface area contributed by atoms with Crippen molar-refractivity contribution in [2.24, 2.45) is 5.73 Å². The highest BCUT2D eigenvalue weighted by Gasteiger charge is 2.22. The maximum Gasteiger partial charge on any atom is 0.232 e. The van der Waals surface area contributed by atoms with Crippen molar-refractivity contribution in [1.82, 2.24) is 0 Å². The molecule has 0 saturated heterocycles. The molecule has 2 N–H and O–H groups in total. The molecular formula is C10H9Cl2NO4S. The Hall–Kier alpha value is -1.11. The zero-order chi connectivity index (χ0) is 13.9. The van der Waals surface area contributed by atoms with Crippen LogP contribution in [0.15, 0.2) is 18.2 Å². The highest BCUT2D eigenvalue weighted by Crippen LogP contribution is 2.21. The van der Waals surface area contributed by atoms with Gasteiger partial charge in [0.2, 0.25) is 5.91 Å². The quantitative estimate of drug-likeness (QED) is 0.823. The Morgan fingerprint density at radius 2 is 1.78 bits per heavy atom. The van der Waals surface area contributed by atoms with E-state index >= 15 is 0 Å². The van der Waals surface area contributed by atoms with Gasteiger partial charge in [-0.25, -0.2) is 8.42 Å². The first-order valence-electron chi connectivity index (χ1n) is 4.68. The van der Waals surface area contributed by atoms with Gasteiger partial charge in [0.1, 0.15) is 11.5 Å². The van der Waals surface area contributed by atoms with Crippen molar-refractivity contribution < 1.29 is 18.0 Å². The Balaban J connectivity index is 2.96. The lowest BCUT2D eigenvalue weighted by atomic mass is 10.1. The molecule has 0 heterocycles. The fourth-order valence-corrected chi connectivity index (χ4v) is 2.74. The van der Waals surface area contributed by atoms with E-state index in [2.05, 4.69) is 0 Å². The fourth-order valence-electron chi connectivity index (χ4n) is 1.26. The van der Waals surface area contributed by atoms with Crippen molar-refractivity contribution in [3.63, 3.8) is 0 Å². The van der Waals surface area contributed by atoms with E-state index in [0.717, 1.165) is 0 Å². The number of sulfone groups is 1. The molecule has 1 aromatic rings. The summed E-state index contributed by atoms with van der Waals surface area (Å²) in [5, 5.41) is 0.355. The van der Waals surface area contributed by atoms with Gasteiger partial charge in [-0.05, 0) is 18.2 Å². The Kier molecular flexibility index (Phi) is 4.72. The van der Waals surface area contributed by atoms with Crippen LogP contribution < -0.4 is 5.73 Å². The lowest BCUT2D eigenvalue weighted by Gasteiger charge is -2.04. The third kappa shape index (κ3) is 4.29. The number of carbonyl (C=O) groups excluding carboxylic acids is 2. The predicted molar refractivity (Wildman–Crippen MR) is 68.6 cm³/mol. The van der Waals surface area contributed by atoms with E-state index in [4.69, 9.17) is 28.9 Å². The minimum absolute atomic E-state index is 0.00258. The van der Waals surface area contributed by atoms with Gasteiger partial charge >= 0.3 is 0 Å². The molecule has 8 heteroatoms. The van der Waals surface area contributed by atoms with E-state index in [1.807, 2.05) is 0 Å². The standard InChI is InChI=1S/C10H9Cl2NO4S/c11-6-1-2-8(12)7(3-6)9(14)4-18(16,17)5-10(13)15/h1-3H,4-5H2,(H2,13,15). The van der Waals surface area contributed by atoms with Crippen molar-refractivity contribution in [2.45, 2.75) is 0 Å². The molecule has 0 aliphatic rings. The molecule has 0 radical (unpaired) electrons. The van der Waals surface area contributed by atoms with Gasteiger partial charge in [0.15, 0.2) is 15.6 Å². The number of nitrogens with two attached hydrogens (primary N) is 1. The summed E-state index contributed by atoms with van der Waals surface area (Å²) in [6.07, 6.45) is 0. The molecule has 0 unspecified atom stereocenters. The topological polar surface area (TPSA) is 94.3 Å². The molecule has 18 heavy (non-hydrogen) atoms. The van der Waals surface area contributed by atoms with Crippen LogP contribution in [0.5, 0.6) is 0 Å². The minimum atomic E-state index is -3.88. The number of hydrogen-bond acceptors (Lipinski definition) is 4. The maximum atomic E-state index is 11.7. The molecule has 0 atom stereocenters. The van der Waals surface area contributed by atoms with Crippen LogP contribution in [0.3, 0.4) is 0 Å². The van der Waals surface area contributed by atoms with Crippen molar-refractivity contribution >= 4 is 44.7 Å². The summed E-state index contributed by atoms with van der Waals surface area (Å²) in [6.45, 7) is 0. The Labute approximate surface area is 114 Å². The number of benzene rings is 1. The third-order valence-corrected chi connectivity index (χ3v) is 3.93. The highest BCUT2D eigenvalue weighted by atomic mass is 35.5. The lowest BCUT2D eigenvalue weighted by Crippen LogP contribution is -2.28. The number of rotatable bonds is 5. The highest BCUT2D eigenvalue weighted by molar-refractivity contribution is 7.92. The first-order valence-corrected chi connectivity index (χ1v) is 7.26. The van der Waals surface area contributed by atoms with Gasteiger partial charge in [0.05, 0.1) is 5.02 Å².